The van der Waals surface area contributed by atoms with Crippen molar-refractivity contribution in [2.45, 2.75) is 59.3 Å². The van der Waals surface area contributed by atoms with Crippen molar-refractivity contribution in [3.63, 3.8) is 0 Å². The molecule has 16 heavy (non-hydrogen) atoms. The molecule has 0 saturated carbocycles. The van der Waals surface area contributed by atoms with Gasteiger partial charge in [-0.1, -0.05) is 40.0 Å². The fourth-order valence-electron chi connectivity index (χ4n) is 1.95. The van der Waals surface area contributed by atoms with Crippen LogP contribution in [0.5, 0.6) is 0 Å². The lowest BCUT2D eigenvalue weighted by Crippen LogP contribution is -3.00. The van der Waals surface area contributed by atoms with Crippen LogP contribution < -0.4 is 12.4 Å². The van der Waals surface area contributed by atoms with Gasteiger partial charge >= 0.3 is 0 Å². The van der Waals surface area contributed by atoms with E-state index in [1.54, 1.807) is 0 Å². The van der Waals surface area contributed by atoms with Crippen molar-refractivity contribution in [1.82, 2.24) is 0 Å². The van der Waals surface area contributed by atoms with Crippen LogP contribution >= 0.6 is 0 Å². The zero-order valence-corrected chi connectivity index (χ0v) is 12.4. The second kappa shape index (κ2) is 13.3. The number of nitrogens with zero attached hydrogens (tertiary/aromatic N) is 1. The Bertz CT molecular complexity index is 109. The van der Waals surface area contributed by atoms with Crippen molar-refractivity contribution in [2.24, 2.45) is 0 Å². The Morgan fingerprint density at radius 2 is 0.938 bits per heavy atom. The van der Waals surface area contributed by atoms with Crippen LogP contribution in [0.15, 0.2) is 0 Å². The second-order valence-electron chi connectivity index (χ2n) is 4.85. The molecule has 2 N–H and O–H groups in total. The molecule has 0 heterocycles. The topological polar surface area (TPSA) is 31.5 Å². The molecule has 0 spiro atoms. The molecule has 0 amide bonds. The van der Waals surface area contributed by atoms with Crippen LogP contribution in [-0.2, 0) is 0 Å². The van der Waals surface area contributed by atoms with Gasteiger partial charge in [-0.25, -0.2) is 0 Å². The lowest BCUT2D eigenvalue weighted by Gasteiger charge is -2.34. The summed E-state index contributed by atoms with van der Waals surface area (Å²) in [6.45, 7) is 11.0. The standard InChI is InChI=1S/C13H30N.ClH.H2O/c1-5-8-11-14(4,12-9-6-2)13-10-7-3;;/h5-13H2,1-4H3;1H;1H2/q+1;;/p-1. The van der Waals surface area contributed by atoms with E-state index in [0.29, 0.717) is 0 Å². The molecule has 0 rings (SSSR count). The van der Waals surface area contributed by atoms with Gasteiger partial charge in [0, 0.05) is 0 Å². The molecule has 0 aromatic rings. The second-order valence-corrected chi connectivity index (χ2v) is 4.85. The van der Waals surface area contributed by atoms with E-state index in [1.807, 2.05) is 0 Å². The molecule has 0 bridgehead atoms. The van der Waals surface area contributed by atoms with Gasteiger partial charge in [0.2, 0.25) is 0 Å². The van der Waals surface area contributed by atoms with Gasteiger partial charge in [0.05, 0.1) is 26.7 Å². The molecule has 0 unspecified atom stereocenters. The highest BCUT2D eigenvalue weighted by molar-refractivity contribution is 4.43. The minimum Gasteiger partial charge on any atom is -1.00 e. The predicted molar refractivity (Wildman–Crippen MR) is 69.1 cm³/mol. The largest absolute Gasteiger partial charge is 1.00 e. The Hall–Kier alpha value is 0.210. The van der Waals surface area contributed by atoms with E-state index in [9.17, 15) is 0 Å². The molecular weight excluding hydrogens is 222 g/mol. The third-order valence-electron chi connectivity index (χ3n) is 3.15. The monoisotopic (exact) mass is 253 g/mol. The van der Waals surface area contributed by atoms with Crippen molar-refractivity contribution in [2.75, 3.05) is 26.7 Å². The summed E-state index contributed by atoms with van der Waals surface area (Å²) in [7, 11) is 2.45. The van der Waals surface area contributed by atoms with Crippen LogP contribution in [0, 0.1) is 0 Å². The van der Waals surface area contributed by atoms with E-state index in [-0.39, 0.29) is 17.9 Å². The third kappa shape index (κ3) is 10.7. The van der Waals surface area contributed by atoms with Crippen molar-refractivity contribution in [1.29, 1.82) is 0 Å². The van der Waals surface area contributed by atoms with Crippen LogP contribution in [0.1, 0.15) is 59.3 Å². The van der Waals surface area contributed by atoms with Crippen molar-refractivity contribution < 1.29 is 22.4 Å². The van der Waals surface area contributed by atoms with Gasteiger partial charge in [0.25, 0.3) is 0 Å². The number of quaternary nitrogens is 1. The molecular formula is C13H32ClNO. The SMILES string of the molecule is CCCC[N+](C)(CCCC)CCCC.O.[Cl-]. The van der Waals surface area contributed by atoms with Gasteiger partial charge in [-0.05, 0) is 19.3 Å². The van der Waals surface area contributed by atoms with E-state index >= 15 is 0 Å². The van der Waals surface area contributed by atoms with Gasteiger partial charge < -0.3 is 22.4 Å². The van der Waals surface area contributed by atoms with Gasteiger partial charge in [-0.2, -0.15) is 0 Å². The van der Waals surface area contributed by atoms with E-state index in [2.05, 4.69) is 27.8 Å². The molecule has 0 saturated heterocycles. The maximum atomic E-state index is 2.45. The summed E-state index contributed by atoms with van der Waals surface area (Å²) in [4.78, 5) is 0. The average molecular weight is 254 g/mol. The summed E-state index contributed by atoms with van der Waals surface area (Å²) in [5.74, 6) is 0. The number of rotatable bonds is 9. The van der Waals surface area contributed by atoms with E-state index in [0.717, 1.165) is 0 Å². The smallest absolute Gasteiger partial charge is 0.0784 e. The molecule has 2 nitrogen and oxygen atoms in total. The first kappa shape index (κ1) is 21.5. The summed E-state index contributed by atoms with van der Waals surface area (Å²) < 4.78 is 1.32. The molecule has 0 aromatic heterocycles. The van der Waals surface area contributed by atoms with Crippen LogP contribution in [0.3, 0.4) is 0 Å². The highest BCUT2D eigenvalue weighted by atomic mass is 35.5. The number of hydrogen-bond acceptors (Lipinski definition) is 0. The molecule has 0 aliphatic heterocycles. The third-order valence-corrected chi connectivity index (χ3v) is 3.15. The molecule has 0 radical (unpaired) electrons. The predicted octanol–water partition coefficient (Wildman–Crippen LogP) is 0.0126. The molecule has 0 aliphatic rings. The van der Waals surface area contributed by atoms with Crippen molar-refractivity contribution in [3.05, 3.63) is 0 Å². The summed E-state index contributed by atoms with van der Waals surface area (Å²) >= 11 is 0. The van der Waals surface area contributed by atoms with E-state index in [1.165, 1.54) is 62.6 Å². The van der Waals surface area contributed by atoms with Crippen LogP contribution in [0.25, 0.3) is 0 Å². The molecule has 0 aromatic carbocycles. The van der Waals surface area contributed by atoms with Crippen LogP contribution in [-0.4, -0.2) is 36.6 Å². The van der Waals surface area contributed by atoms with Crippen molar-refractivity contribution in [3.8, 4) is 0 Å². The van der Waals surface area contributed by atoms with Crippen molar-refractivity contribution >= 4 is 0 Å². The molecule has 0 atom stereocenters. The molecule has 0 fully saturated rings. The Balaban J connectivity index is -0.000000845. The Morgan fingerprint density at radius 3 is 1.12 bits per heavy atom. The highest BCUT2D eigenvalue weighted by Gasteiger charge is 2.18. The summed E-state index contributed by atoms with van der Waals surface area (Å²) in [6.07, 6.45) is 8.20. The Kier molecular flexibility index (Phi) is 17.8. The van der Waals surface area contributed by atoms with Gasteiger partial charge in [0.1, 0.15) is 0 Å². The summed E-state index contributed by atoms with van der Waals surface area (Å²) in [6, 6.07) is 0. The fourth-order valence-corrected chi connectivity index (χ4v) is 1.95. The maximum Gasteiger partial charge on any atom is 0.0784 e. The summed E-state index contributed by atoms with van der Waals surface area (Å²) in [5.41, 5.74) is 0. The first-order valence-corrected chi connectivity index (χ1v) is 6.52. The minimum absolute atomic E-state index is 0. The Labute approximate surface area is 109 Å². The molecule has 0 aliphatic carbocycles. The number of hydrogen-bond donors (Lipinski definition) is 0. The fraction of sp³-hybridized carbons (Fsp3) is 1.00. The quantitative estimate of drug-likeness (QED) is 0.519. The zero-order valence-electron chi connectivity index (χ0n) is 11.7. The van der Waals surface area contributed by atoms with E-state index < -0.39 is 0 Å². The van der Waals surface area contributed by atoms with Gasteiger partial charge in [-0.3, -0.25) is 0 Å². The maximum absolute atomic E-state index is 2.45. The van der Waals surface area contributed by atoms with Crippen LogP contribution in [0.2, 0.25) is 0 Å². The lowest BCUT2D eigenvalue weighted by atomic mass is 10.2. The number of halogens is 1. The van der Waals surface area contributed by atoms with Crippen LogP contribution in [0.4, 0.5) is 0 Å². The van der Waals surface area contributed by atoms with Gasteiger partial charge in [0.15, 0.2) is 0 Å². The van der Waals surface area contributed by atoms with Gasteiger partial charge in [-0.15, -0.1) is 0 Å². The first-order chi connectivity index (χ1) is 6.68. The number of unbranched alkanes of at least 4 members (excludes halogenated alkanes) is 3. The first-order valence-electron chi connectivity index (χ1n) is 6.52. The van der Waals surface area contributed by atoms with E-state index in [4.69, 9.17) is 0 Å². The molecule has 102 valence electrons. The molecule has 3 heteroatoms. The minimum atomic E-state index is 0. The Morgan fingerprint density at radius 1 is 0.688 bits per heavy atom. The zero-order chi connectivity index (χ0) is 10.9. The lowest BCUT2D eigenvalue weighted by molar-refractivity contribution is -0.910. The average Bonchev–Trinajstić information content (AvgIpc) is 2.21. The summed E-state index contributed by atoms with van der Waals surface area (Å²) in [5, 5.41) is 0. The normalized spacial score (nSPS) is 10.5. The highest BCUT2D eigenvalue weighted by Crippen LogP contribution is 2.10.